The highest BCUT2D eigenvalue weighted by molar-refractivity contribution is 5.94. The van der Waals surface area contributed by atoms with Crippen molar-refractivity contribution in [3.8, 4) is 11.8 Å². The van der Waals surface area contributed by atoms with Gasteiger partial charge in [0.2, 0.25) is 5.91 Å². The quantitative estimate of drug-likeness (QED) is 0.894. The number of carbonyl (C=O) groups excluding carboxylic acids is 1. The zero-order chi connectivity index (χ0) is 14.4. The van der Waals surface area contributed by atoms with Gasteiger partial charge in [0, 0.05) is 6.61 Å². The molecule has 2 atom stereocenters. The lowest BCUT2D eigenvalue weighted by Gasteiger charge is -2.17. The molecule has 0 aromatic heterocycles. The van der Waals surface area contributed by atoms with Gasteiger partial charge in [0.15, 0.2) is 6.61 Å². The van der Waals surface area contributed by atoms with Crippen molar-refractivity contribution in [3.05, 3.63) is 24.3 Å². The highest BCUT2D eigenvalue weighted by Crippen LogP contribution is 2.28. The first-order valence-corrected chi connectivity index (χ1v) is 6.77. The van der Waals surface area contributed by atoms with Gasteiger partial charge in [-0.25, -0.2) is 0 Å². The number of benzene rings is 1. The largest absolute Gasteiger partial charge is 0.477 e. The number of nitriles is 1. The molecule has 1 saturated heterocycles. The monoisotopic (exact) mass is 274 g/mol. The van der Waals surface area contributed by atoms with Crippen LogP contribution in [0.4, 0.5) is 5.69 Å². The van der Waals surface area contributed by atoms with Crippen molar-refractivity contribution in [1.82, 2.24) is 0 Å². The Morgan fingerprint density at radius 2 is 2.35 bits per heavy atom. The van der Waals surface area contributed by atoms with Gasteiger partial charge in [-0.3, -0.25) is 4.79 Å². The Morgan fingerprint density at radius 1 is 1.55 bits per heavy atom. The highest BCUT2D eigenvalue weighted by Gasteiger charge is 2.33. The van der Waals surface area contributed by atoms with E-state index in [1.54, 1.807) is 18.2 Å². The zero-order valence-electron chi connectivity index (χ0n) is 11.5. The Kier molecular flexibility index (Phi) is 4.97. The SMILES string of the molecule is CCC1OCCC1C(=O)Nc1ccccc1OCC#N. The van der Waals surface area contributed by atoms with Gasteiger partial charge in [-0.2, -0.15) is 5.26 Å². The molecular formula is C15H18N2O3. The molecule has 5 nitrogen and oxygen atoms in total. The van der Waals surface area contributed by atoms with Crippen molar-refractivity contribution in [3.63, 3.8) is 0 Å². The summed E-state index contributed by atoms with van der Waals surface area (Å²) >= 11 is 0. The molecule has 1 fully saturated rings. The van der Waals surface area contributed by atoms with Crippen LogP contribution in [0.5, 0.6) is 5.75 Å². The molecule has 0 spiro atoms. The average Bonchev–Trinajstić information content (AvgIpc) is 2.95. The Hall–Kier alpha value is -2.06. The van der Waals surface area contributed by atoms with Crippen LogP contribution in [0.3, 0.4) is 0 Å². The number of carbonyl (C=O) groups is 1. The molecule has 1 aliphatic rings. The molecule has 0 aliphatic carbocycles. The lowest BCUT2D eigenvalue weighted by atomic mass is 9.98. The molecule has 1 N–H and O–H groups in total. The van der Waals surface area contributed by atoms with Gasteiger partial charge in [-0.1, -0.05) is 19.1 Å². The summed E-state index contributed by atoms with van der Waals surface area (Å²) in [6.07, 6.45) is 1.55. The van der Waals surface area contributed by atoms with Crippen LogP contribution in [0.15, 0.2) is 24.3 Å². The third kappa shape index (κ3) is 3.28. The van der Waals surface area contributed by atoms with Crippen LogP contribution in [0, 0.1) is 17.2 Å². The number of hydrogen-bond donors (Lipinski definition) is 1. The Bertz CT molecular complexity index is 510. The van der Waals surface area contributed by atoms with Gasteiger partial charge >= 0.3 is 0 Å². The summed E-state index contributed by atoms with van der Waals surface area (Å²) in [5.74, 6) is 0.334. The molecule has 106 valence electrons. The van der Waals surface area contributed by atoms with Crippen molar-refractivity contribution < 1.29 is 14.3 Å². The molecule has 1 aliphatic heterocycles. The third-order valence-electron chi connectivity index (χ3n) is 3.39. The molecule has 0 bridgehead atoms. The van der Waals surface area contributed by atoms with Crippen LogP contribution in [0.25, 0.3) is 0 Å². The minimum absolute atomic E-state index is 0.0119. The number of nitrogens with one attached hydrogen (secondary N) is 1. The van der Waals surface area contributed by atoms with E-state index in [0.29, 0.717) is 18.0 Å². The molecule has 1 aromatic carbocycles. The number of nitrogens with zero attached hydrogens (tertiary/aromatic N) is 1. The summed E-state index contributed by atoms with van der Waals surface area (Å²) in [5, 5.41) is 11.4. The third-order valence-corrected chi connectivity index (χ3v) is 3.39. The Morgan fingerprint density at radius 3 is 3.10 bits per heavy atom. The Balaban J connectivity index is 2.06. The summed E-state index contributed by atoms with van der Waals surface area (Å²) in [6, 6.07) is 9.03. The average molecular weight is 274 g/mol. The lowest BCUT2D eigenvalue weighted by molar-refractivity contribution is -0.121. The molecule has 1 heterocycles. The Labute approximate surface area is 118 Å². The number of rotatable bonds is 5. The maximum absolute atomic E-state index is 12.3. The standard InChI is InChI=1S/C15H18N2O3/c1-2-13-11(7-9-19-13)15(18)17-12-5-3-4-6-14(12)20-10-8-16/h3-6,11,13H,2,7,9-10H2,1H3,(H,17,18). The van der Waals surface area contributed by atoms with Crippen LogP contribution in [-0.4, -0.2) is 25.2 Å². The maximum Gasteiger partial charge on any atom is 0.230 e. The summed E-state index contributed by atoms with van der Waals surface area (Å²) in [6.45, 7) is 2.60. The lowest BCUT2D eigenvalue weighted by Crippen LogP contribution is -2.29. The van der Waals surface area contributed by atoms with Gasteiger partial charge < -0.3 is 14.8 Å². The minimum Gasteiger partial charge on any atom is -0.477 e. The first-order chi connectivity index (χ1) is 9.76. The highest BCUT2D eigenvalue weighted by atomic mass is 16.5. The zero-order valence-corrected chi connectivity index (χ0v) is 11.5. The van der Waals surface area contributed by atoms with E-state index in [1.165, 1.54) is 0 Å². The van der Waals surface area contributed by atoms with E-state index in [1.807, 2.05) is 19.1 Å². The normalized spacial score (nSPS) is 21.2. The fourth-order valence-electron chi connectivity index (χ4n) is 2.38. The predicted octanol–water partition coefficient (Wildman–Crippen LogP) is 2.34. The first kappa shape index (κ1) is 14.4. The van der Waals surface area contributed by atoms with Crippen LogP contribution in [0.2, 0.25) is 0 Å². The molecule has 0 radical (unpaired) electrons. The molecular weight excluding hydrogens is 256 g/mol. The van der Waals surface area contributed by atoms with Crippen LogP contribution in [0.1, 0.15) is 19.8 Å². The molecule has 2 rings (SSSR count). The second kappa shape index (κ2) is 6.92. The van der Waals surface area contributed by atoms with E-state index >= 15 is 0 Å². The summed E-state index contributed by atoms with van der Waals surface area (Å²) in [4.78, 5) is 12.3. The maximum atomic E-state index is 12.3. The summed E-state index contributed by atoms with van der Waals surface area (Å²) in [7, 11) is 0. The van der Waals surface area contributed by atoms with Gasteiger partial charge in [0.05, 0.1) is 17.7 Å². The van der Waals surface area contributed by atoms with Crippen molar-refractivity contribution in [2.75, 3.05) is 18.5 Å². The molecule has 20 heavy (non-hydrogen) atoms. The number of anilines is 1. The molecule has 5 heteroatoms. The van der Waals surface area contributed by atoms with E-state index in [9.17, 15) is 4.79 Å². The minimum atomic E-state index is -0.121. The van der Waals surface area contributed by atoms with Crippen LogP contribution < -0.4 is 10.1 Å². The number of ether oxygens (including phenoxy) is 2. The van der Waals surface area contributed by atoms with Gasteiger partial charge in [-0.05, 0) is 25.0 Å². The van der Waals surface area contributed by atoms with Crippen molar-refractivity contribution >= 4 is 11.6 Å². The molecule has 1 aromatic rings. The second-order valence-electron chi connectivity index (χ2n) is 4.64. The van der Waals surface area contributed by atoms with Gasteiger partial charge in [-0.15, -0.1) is 0 Å². The van der Waals surface area contributed by atoms with Crippen molar-refractivity contribution in [1.29, 1.82) is 5.26 Å². The summed E-state index contributed by atoms with van der Waals surface area (Å²) < 4.78 is 10.8. The van der Waals surface area contributed by atoms with E-state index in [2.05, 4.69) is 5.32 Å². The molecule has 1 amide bonds. The fourth-order valence-corrected chi connectivity index (χ4v) is 2.38. The van der Waals surface area contributed by atoms with Crippen LogP contribution >= 0.6 is 0 Å². The predicted molar refractivity (Wildman–Crippen MR) is 74.3 cm³/mol. The van der Waals surface area contributed by atoms with E-state index < -0.39 is 0 Å². The van der Waals surface area contributed by atoms with Gasteiger partial charge in [0.25, 0.3) is 0 Å². The van der Waals surface area contributed by atoms with E-state index in [-0.39, 0.29) is 24.5 Å². The first-order valence-electron chi connectivity index (χ1n) is 6.77. The molecule has 2 unspecified atom stereocenters. The van der Waals surface area contributed by atoms with E-state index in [4.69, 9.17) is 14.7 Å². The summed E-state index contributed by atoms with van der Waals surface area (Å²) in [5.41, 5.74) is 0.592. The van der Waals surface area contributed by atoms with Crippen LogP contribution in [-0.2, 0) is 9.53 Å². The van der Waals surface area contributed by atoms with Gasteiger partial charge in [0.1, 0.15) is 11.8 Å². The van der Waals surface area contributed by atoms with E-state index in [0.717, 1.165) is 12.8 Å². The smallest absolute Gasteiger partial charge is 0.230 e. The number of hydrogen-bond acceptors (Lipinski definition) is 4. The number of amides is 1. The number of para-hydroxylation sites is 2. The van der Waals surface area contributed by atoms with Crippen molar-refractivity contribution in [2.24, 2.45) is 5.92 Å². The van der Waals surface area contributed by atoms with Crippen molar-refractivity contribution in [2.45, 2.75) is 25.9 Å². The fraction of sp³-hybridized carbons (Fsp3) is 0.467. The topological polar surface area (TPSA) is 71.3 Å². The second-order valence-corrected chi connectivity index (χ2v) is 4.64. The molecule has 0 saturated carbocycles.